The van der Waals surface area contributed by atoms with E-state index in [-0.39, 0.29) is 0 Å². The zero-order valence-corrected chi connectivity index (χ0v) is 16.4. The molecule has 2 aliphatic rings. The molecule has 0 aliphatic carbocycles. The van der Waals surface area contributed by atoms with Crippen molar-refractivity contribution in [3.05, 3.63) is 59.8 Å². The van der Waals surface area contributed by atoms with Crippen LogP contribution in [0, 0.1) is 0 Å². The van der Waals surface area contributed by atoms with Crippen LogP contribution >= 0.6 is 0 Å². The van der Waals surface area contributed by atoms with Crippen molar-refractivity contribution < 1.29 is 23.8 Å². The Morgan fingerprint density at radius 1 is 0.931 bits per heavy atom. The van der Waals surface area contributed by atoms with E-state index in [2.05, 4.69) is 0 Å². The first-order valence-corrected chi connectivity index (χ1v) is 9.38. The topological polar surface area (TPSA) is 68.3 Å². The van der Waals surface area contributed by atoms with Crippen LogP contribution in [0.4, 0.5) is 5.69 Å². The molecule has 2 aliphatic heterocycles. The summed E-state index contributed by atoms with van der Waals surface area (Å²) in [7, 11) is 3.03. The summed E-state index contributed by atoms with van der Waals surface area (Å²) in [6, 6.07) is 12.2. The molecular weight excluding hydrogens is 372 g/mol. The number of hydrogen-bond donors (Lipinski definition) is 0. The summed E-state index contributed by atoms with van der Waals surface area (Å²) in [5.41, 5.74) is 1.92. The predicted octanol–water partition coefficient (Wildman–Crippen LogP) is 2.56. The molecule has 2 amide bonds. The molecule has 1 fully saturated rings. The van der Waals surface area contributed by atoms with Gasteiger partial charge in [-0.15, -0.1) is 0 Å². The van der Waals surface area contributed by atoms with Gasteiger partial charge in [-0.25, -0.2) is 4.90 Å². The highest BCUT2D eigenvalue weighted by molar-refractivity contribution is 6.41. The summed E-state index contributed by atoms with van der Waals surface area (Å²) >= 11 is 0. The van der Waals surface area contributed by atoms with E-state index in [4.69, 9.17) is 14.2 Å². The van der Waals surface area contributed by atoms with Gasteiger partial charge in [0, 0.05) is 36.5 Å². The third kappa shape index (κ3) is 3.45. The van der Waals surface area contributed by atoms with E-state index in [1.165, 1.54) is 14.2 Å². The van der Waals surface area contributed by atoms with Crippen LogP contribution in [0.5, 0.6) is 11.5 Å². The molecule has 0 bridgehead atoms. The standard InChI is InChI=1S/C22H22N2O5/c1-27-15-7-8-20(28-2)19(13-15)24-21(25)17-6-4-3-5-16(17)18(22(24)26)14-23-9-11-29-12-10-23/h3-8,13-14H,9-12H2,1-2H3. The number of benzene rings is 2. The first kappa shape index (κ1) is 19.0. The van der Waals surface area contributed by atoms with Gasteiger partial charge in [-0.05, 0) is 18.2 Å². The van der Waals surface area contributed by atoms with Crippen LogP contribution < -0.4 is 14.4 Å². The first-order chi connectivity index (χ1) is 14.1. The molecule has 2 aromatic rings. The van der Waals surface area contributed by atoms with Crippen LogP contribution in [-0.4, -0.2) is 57.2 Å². The van der Waals surface area contributed by atoms with Crippen molar-refractivity contribution in [1.29, 1.82) is 0 Å². The molecule has 2 heterocycles. The average molecular weight is 394 g/mol. The van der Waals surface area contributed by atoms with Crippen LogP contribution in [0.1, 0.15) is 15.9 Å². The normalized spacial score (nSPS) is 18.1. The Morgan fingerprint density at radius 2 is 1.66 bits per heavy atom. The summed E-state index contributed by atoms with van der Waals surface area (Å²) in [5.74, 6) is 0.152. The largest absolute Gasteiger partial charge is 0.497 e. The molecule has 0 N–H and O–H groups in total. The Morgan fingerprint density at radius 3 is 2.34 bits per heavy atom. The lowest BCUT2D eigenvalue weighted by molar-refractivity contribution is -0.113. The summed E-state index contributed by atoms with van der Waals surface area (Å²) in [4.78, 5) is 30.0. The van der Waals surface area contributed by atoms with Crippen molar-refractivity contribution in [1.82, 2.24) is 4.90 Å². The lowest BCUT2D eigenvalue weighted by Gasteiger charge is -2.32. The minimum Gasteiger partial charge on any atom is -0.497 e. The van der Waals surface area contributed by atoms with Crippen molar-refractivity contribution in [3.8, 4) is 11.5 Å². The molecule has 7 nitrogen and oxygen atoms in total. The summed E-state index contributed by atoms with van der Waals surface area (Å²) in [5, 5.41) is 0. The fraction of sp³-hybridized carbons (Fsp3) is 0.273. The SMILES string of the molecule is COc1ccc(OC)c(N2C(=O)C(=CN3CCOCC3)c3ccccc3C2=O)c1. The van der Waals surface area contributed by atoms with Gasteiger partial charge in [0.1, 0.15) is 11.5 Å². The number of ether oxygens (including phenoxy) is 3. The molecule has 150 valence electrons. The number of carbonyl (C=O) groups excluding carboxylic acids is 2. The lowest BCUT2D eigenvalue weighted by Crippen LogP contribution is -2.43. The number of morpholine rings is 1. The van der Waals surface area contributed by atoms with E-state index in [0.29, 0.717) is 60.2 Å². The summed E-state index contributed by atoms with van der Waals surface area (Å²) in [6.45, 7) is 2.59. The second-order valence-electron chi connectivity index (χ2n) is 6.72. The number of methoxy groups -OCH3 is 2. The molecule has 2 aromatic carbocycles. The quantitative estimate of drug-likeness (QED) is 0.587. The molecular formula is C22H22N2O5. The number of rotatable bonds is 4. The van der Waals surface area contributed by atoms with Gasteiger partial charge in [0.25, 0.3) is 11.8 Å². The van der Waals surface area contributed by atoms with Crippen molar-refractivity contribution in [2.45, 2.75) is 0 Å². The third-order valence-electron chi connectivity index (χ3n) is 5.07. The summed E-state index contributed by atoms with van der Waals surface area (Å²) in [6.07, 6.45) is 1.83. The van der Waals surface area contributed by atoms with Crippen molar-refractivity contribution >= 4 is 23.1 Å². The molecule has 0 spiro atoms. The molecule has 0 radical (unpaired) electrons. The Balaban J connectivity index is 1.86. The van der Waals surface area contributed by atoms with E-state index < -0.39 is 11.8 Å². The van der Waals surface area contributed by atoms with E-state index in [1.807, 2.05) is 17.2 Å². The maximum Gasteiger partial charge on any atom is 0.267 e. The van der Waals surface area contributed by atoms with Gasteiger partial charge in [0.15, 0.2) is 0 Å². The second-order valence-corrected chi connectivity index (χ2v) is 6.72. The minimum atomic E-state index is -0.397. The molecule has 0 atom stereocenters. The molecule has 4 rings (SSSR count). The monoisotopic (exact) mass is 394 g/mol. The maximum atomic E-state index is 13.5. The number of anilines is 1. The Kier molecular flexibility index (Phi) is 5.22. The highest BCUT2D eigenvalue weighted by atomic mass is 16.5. The Hall–Kier alpha value is -3.32. The number of hydrogen-bond acceptors (Lipinski definition) is 6. The van der Waals surface area contributed by atoms with Crippen LogP contribution in [0.2, 0.25) is 0 Å². The Bertz CT molecular complexity index is 979. The molecule has 0 unspecified atom stereocenters. The number of imide groups is 1. The number of amides is 2. The van der Waals surface area contributed by atoms with Crippen molar-refractivity contribution in [2.75, 3.05) is 45.4 Å². The molecule has 29 heavy (non-hydrogen) atoms. The van der Waals surface area contributed by atoms with E-state index in [9.17, 15) is 9.59 Å². The number of fused-ring (bicyclic) bond motifs is 1. The highest BCUT2D eigenvalue weighted by Gasteiger charge is 2.37. The fourth-order valence-corrected chi connectivity index (χ4v) is 3.56. The Labute approximate surface area is 169 Å². The van der Waals surface area contributed by atoms with Crippen molar-refractivity contribution in [2.24, 2.45) is 0 Å². The van der Waals surface area contributed by atoms with Crippen LogP contribution in [0.15, 0.2) is 48.7 Å². The van der Waals surface area contributed by atoms with Gasteiger partial charge >= 0.3 is 0 Å². The molecule has 7 heteroatoms. The van der Waals surface area contributed by atoms with E-state index in [0.717, 1.165) is 4.90 Å². The number of carbonyl (C=O) groups is 2. The highest BCUT2D eigenvalue weighted by Crippen LogP contribution is 2.38. The zero-order valence-electron chi connectivity index (χ0n) is 16.4. The third-order valence-corrected chi connectivity index (χ3v) is 5.07. The zero-order chi connectivity index (χ0) is 20.4. The molecule has 1 saturated heterocycles. The van der Waals surface area contributed by atoms with Crippen LogP contribution in [0.25, 0.3) is 5.57 Å². The molecule has 0 saturated carbocycles. The van der Waals surface area contributed by atoms with E-state index >= 15 is 0 Å². The summed E-state index contributed by atoms with van der Waals surface area (Å²) < 4.78 is 16.1. The maximum absolute atomic E-state index is 13.5. The van der Waals surface area contributed by atoms with Gasteiger partial charge in [-0.2, -0.15) is 0 Å². The van der Waals surface area contributed by atoms with Gasteiger partial charge in [-0.3, -0.25) is 9.59 Å². The van der Waals surface area contributed by atoms with Gasteiger partial charge in [0.2, 0.25) is 0 Å². The minimum absolute atomic E-state index is 0.351. The second kappa shape index (κ2) is 7.97. The predicted molar refractivity (Wildman–Crippen MR) is 108 cm³/mol. The smallest absolute Gasteiger partial charge is 0.267 e. The van der Waals surface area contributed by atoms with E-state index in [1.54, 1.807) is 36.4 Å². The van der Waals surface area contributed by atoms with Gasteiger partial charge in [-0.1, -0.05) is 18.2 Å². The number of nitrogens with zero attached hydrogens (tertiary/aromatic N) is 2. The lowest BCUT2D eigenvalue weighted by atomic mass is 9.93. The van der Waals surface area contributed by atoms with Crippen molar-refractivity contribution in [3.63, 3.8) is 0 Å². The van der Waals surface area contributed by atoms with Crippen LogP contribution in [0.3, 0.4) is 0 Å². The van der Waals surface area contributed by atoms with Gasteiger partial charge in [0.05, 0.1) is 38.7 Å². The first-order valence-electron chi connectivity index (χ1n) is 9.38. The van der Waals surface area contributed by atoms with Crippen LogP contribution in [-0.2, 0) is 9.53 Å². The average Bonchev–Trinajstić information content (AvgIpc) is 2.77. The molecule has 0 aromatic heterocycles. The fourth-order valence-electron chi connectivity index (χ4n) is 3.56. The van der Waals surface area contributed by atoms with Gasteiger partial charge < -0.3 is 19.1 Å².